The molecule has 2 aromatic heterocycles. The van der Waals surface area contributed by atoms with E-state index < -0.39 is 12.1 Å². The number of nitrogens with one attached hydrogen (secondary N) is 1. The van der Waals surface area contributed by atoms with Crippen LogP contribution in [0.5, 0.6) is 0 Å². The van der Waals surface area contributed by atoms with Gasteiger partial charge in [-0.25, -0.2) is 14.5 Å². The number of rotatable bonds is 6. The highest BCUT2D eigenvalue weighted by Crippen LogP contribution is 2.22. The number of anilines is 1. The molecule has 0 spiro atoms. The van der Waals surface area contributed by atoms with Gasteiger partial charge < -0.3 is 19.9 Å². The van der Waals surface area contributed by atoms with E-state index in [0.717, 1.165) is 44.1 Å². The number of carboxylic acids is 1. The number of aromatic nitrogens is 4. The smallest absolute Gasteiger partial charge is 0.475 e. The van der Waals surface area contributed by atoms with Gasteiger partial charge in [-0.15, -0.1) is 0 Å². The average Bonchev–Trinajstić information content (AvgIpc) is 3.29. The van der Waals surface area contributed by atoms with E-state index in [0.29, 0.717) is 24.1 Å². The van der Waals surface area contributed by atoms with Gasteiger partial charge in [0.15, 0.2) is 0 Å². The number of carboxylic acid groups (broad SMARTS) is 1. The van der Waals surface area contributed by atoms with E-state index in [4.69, 9.17) is 14.9 Å². The predicted octanol–water partition coefficient (Wildman–Crippen LogP) is 2.93. The Kier molecular flexibility index (Phi) is 8.41. The van der Waals surface area contributed by atoms with Crippen LogP contribution in [0.1, 0.15) is 11.1 Å². The van der Waals surface area contributed by atoms with Crippen molar-refractivity contribution >= 4 is 23.0 Å². The minimum Gasteiger partial charge on any atom is -0.475 e. The molecule has 0 amide bonds. The molecule has 0 bridgehead atoms. The Morgan fingerprint density at radius 3 is 2.13 bits per heavy atom. The number of hydrogen-bond acceptors (Lipinski definition) is 6. The molecule has 2 N–H and O–H groups in total. The number of piperazine rings is 1. The first kappa shape index (κ1) is 26.9. The number of carbonyl (C=O) groups is 1. The Morgan fingerprint density at radius 2 is 1.55 bits per heavy atom. The number of alkyl halides is 3. The molecule has 0 unspecified atom stereocenters. The molecule has 38 heavy (non-hydrogen) atoms. The van der Waals surface area contributed by atoms with E-state index in [1.54, 1.807) is 10.9 Å². The topological polar surface area (TPSA) is 105 Å². The number of halogens is 3. The summed E-state index contributed by atoms with van der Waals surface area (Å²) in [5, 5.41) is 14.9. The minimum absolute atomic E-state index is 0.0850. The minimum atomic E-state index is -5.08. The maximum Gasteiger partial charge on any atom is 0.490 e. The third kappa shape index (κ3) is 6.57. The highest BCUT2D eigenvalue weighted by molar-refractivity contribution is 5.77. The van der Waals surface area contributed by atoms with Crippen molar-refractivity contribution in [3.05, 3.63) is 88.3 Å². The van der Waals surface area contributed by atoms with Gasteiger partial charge in [0.25, 0.3) is 5.56 Å². The van der Waals surface area contributed by atoms with E-state index in [1.165, 1.54) is 5.56 Å². The van der Waals surface area contributed by atoms with Gasteiger partial charge >= 0.3 is 12.1 Å². The summed E-state index contributed by atoms with van der Waals surface area (Å²) in [6, 6.07) is 20.4. The fraction of sp³-hybridized carbons (Fsp3) is 0.308. The molecule has 0 radical (unpaired) electrons. The van der Waals surface area contributed by atoms with E-state index in [-0.39, 0.29) is 5.56 Å². The zero-order valence-corrected chi connectivity index (χ0v) is 20.4. The van der Waals surface area contributed by atoms with E-state index in [2.05, 4.69) is 44.1 Å². The molecule has 0 saturated carbocycles. The Labute approximate surface area is 216 Å². The Balaban J connectivity index is 0.000000426. The van der Waals surface area contributed by atoms with Crippen LogP contribution in [0.25, 0.3) is 11.0 Å². The van der Waals surface area contributed by atoms with Gasteiger partial charge in [0, 0.05) is 32.7 Å². The van der Waals surface area contributed by atoms with Gasteiger partial charge in [0.05, 0.1) is 12.7 Å². The molecular formula is C26H27F3N6O3. The summed E-state index contributed by atoms with van der Waals surface area (Å²) in [4.78, 5) is 29.5. The third-order valence-electron chi connectivity index (χ3n) is 6.01. The number of fused-ring (bicyclic) bond motifs is 1. The number of aliphatic carboxylic acids is 1. The third-order valence-corrected chi connectivity index (χ3v) is 6.01. The van der Waals surface area contributed by atoms with Crippen molar-refractivity contribution in [2.75, 3.05) is 31.1 Å². The molecule has 0 atom stereocenters. The second-order valence-corrected chi connectivity index (χ2v) is 8.67. The summed E-state index contributed by atoms with van der Waals surface area (Å²) in [5.74, 6) is -1.91. The molecule has 1 fully saturated rings. The first-order valence-electron chi connectivity index (χ1n) is 12.0. The van der Waals surface area contributed by atoms with Crippen LogP contribution in [-0.4, -0.2) is 62.8 Å². The lowest BCUT2D eigenvalue weighted by atomic mass is 10.1. The van der Waals surface area contributed by atoms with E-state index in [9.17, 15) is 18.0 Å². The Bertz CT molecular complexity index is 1420. The van der Waals surface area contributed by atoms with E-state index >= 15 is 0 Å². The maximum atomic E-state index is 13.5. The molecule has 200 valence electrons. The molecule has 9 nitrogen and oxygen atoms in total. The van der Waals surface area contributed by atoms with Crippen molar-refractivity contribution in [3.8, 4) is 0 Å². The number of hydrogen-bond donors (Lipinski definition) is 2. The second-order valence-electron chi connectivity index (χ2n) is 8.67. The van der Waals surface area contributed by atoms with Crippen molar-refractivity contribution in [2.45, 2.75) is 25.7 Å². The Morgan fingerprint density at radius 1 is 0.974 bits per heavy atom. The van der Waals surface area contributed by atoms with Gasteiger partial charge in [-0.2, -0.15) is 18.3 Å². The van der Waals surface area contributed by atoms with Gasteiger partial charge in [-0.05, 0) is 17.5 Å². The SMILES string of the molecule is O=C(O)C(F)(F)F.O=c1c2c(cnn1CCc1ccccc1)nc(N1CCNCC1)n2Cc1ccccc1. The quantitative estimate of drug-likeness (QED) is 0.397. The lowest BCUT2D eigenvalue weighted by Gasteiger charge is -2.28. The van der Waals surface area contributed by atoms with Gasteiger partial charge in [-0.3, -0.25) is 4.79 Å². The van der Waals surface area contributed by atoms with Crippen molar-refractivity contribution in [1.29, 1.82) is 0 Å². The van der Waals surface area contributed by atoms with Crippen LogP contribution in [0.4, 0.5) is 19.1 Å². The summed E-state index contributed by atoms with van der Waals surface area (Å²) in [5.41, 5.74) is 3.53. The predicted molar refractivity (Wildman–Crippen MR) is 136 cm³/mol. The Hall–Kier alpha value is -4.19. The number of imidazole rings is 1. The normalized spacial score (nSPS) is 13.7. The number of aryl methyl sites for hydroxylation is 2. The number of benzene rings is 2. The van der Waals surface area contributed by atoms with Crippen molar-refractivity contribution in [2.24, 2.45) is 0 Å². The van der Waals surface area contributed by atoms with Crippen LogP contribution < -0.4 is 15.8 Å². The molecule has 3 heterocycles. The van der Waals surface area contributed by atoms with Crippen molar-refractivity contribution < 1.29 is 23.1 Å². The zero-order valence-electron chi connectivity index (χ0n) is 20.4. The summed E-state index contributed by atoms with van der Waals surface area (Å²) in [6.07, 6.45) is -2.59. The largest absolute Gasteiger partial charge is 0.490 e. The van der Waals surface area contributed by atoms with Crippen LogP contribution >= 0.6 is 0 Å². The molecule has 5 rings (SSSR count). The monoisotopic (exact) mass is 528 g/mol. The molecule has 1 aliphatic rings. The van der Waals surface area contributed by atoms with E-state index in [1.807, 2.05) is 36.4 Å². The lowest BCUT2D eigenvalue weighted by Crippen LogP contribution is -2.44. The van der Waals surface area contributed by atoms with Gasteiger partial charge in [-0.1, -0.05) is 60.7 Å². The molecular weight excluding hydrogens is 501 g/mol. The average molecular weight is 529 g/mol. The van der Waals surface area contributed by atoms with Crippen LogP contribution in [-0.2, 0) is 24.3 Å². The first-order chi connectivity index (χ1) is 18.2. The summed E-state index contributed by atoms with van der Waals surface area (Å²) < 4.78 is 35.4. The second kappa shape index (κ2) is 11.9. The van der Waals surface area contributed by atoms with Crippen LogP contribution in [0.2, 0.25) is 0 Å². The summed E-state index contributed by atoms with van der Waals surface area (Å²) >= 11 is 0. The summed E-state index contributed by atoms with van der Waals surface area (Å²) in [7, 11) is 0. The fourth-order valence-electron chi connectivity index (χ4n) is 4.13. The standard InChI is InChI=1S/C24H26N6O.C2HF3O2/c31-23-22-21(17-26-30(23)14-11-19-7-3-1-4-8-19)27-24(28-15-12-25-13-16-28)29(22)18-20-9-5-2-6-10-20;3-2(4,5)1(6)7/h1-10,17,25H,11-16,18H2;(H,6,7). The molecule has 4 aromatic rings. The molecule has 12 heteroatoms. The van der Waals surface area contributed by atoms with Gasteiger partial charge in [0.2, 0.25) is 5.95 Å². The fourth-order valence-corrected chi connectivity index (χ4v) is 4.13. The maximum absolute atomic E-state index is 13.5. The highest BCUT2D eigenvalue weighted by Gasteiger charge is 2.38. The van der Waals surface area contributed by atoms with Gasteiger partial charge in [0.1, 0.15) is 11.0 Å². The molecule has 2 aromatic carbocycles. The van der Waals surface area contributed by atoms with Crippen LogP contribution in [0.15, 0.2) is 71.7 Å². The van der Waals surface area contributed by atoms with Crippen LogP contribution in [0, 0.1) is 0 Å². The summed E-state index contributed by atoms with van der Waals surface area (Å²) in [6.45, 7) is 4.70. The lowest BCUT2D eigenvalue weighted by molar-refractivity contribution is -0.192. The molecule has 0 aliphatic carbocycles. The van der Waals surface area contributed by atoms with Crippen LogP contribution in [0.3, 0.4) is 0 Å². The van der Waals surface area contributed by atoms with Crippen molar-refractivity contribution in [1.82, 2.24) is 24.6 Å². The molecule has 1 aliphatic heterocycles. The molecule has 1 saturated heterocycles. The van der Waals surface area contributed by atoms with Crippen molar-refractivity contribution in [3.63, 3.8) is 0 Å². The first-order valence-corrected chi connectivity index (χ1v) is 12.0. The number of nitrogens with zero attached hydrogens (tertiary/aromatic N) is 5. The zero-order chi connectivity index (χ0) is 27.1. The highest BCUT2D eigenvalue weighted by atomic mass is 19.4.